The first-order valence-corrected chi connectivity index (χ1v) is 19.4. The molecule has 0 aromatic rings. The molecule has 5 fully saturated rings. The number of fused-ring (bicyclic) bond motifs is 7. The molecular weight excluding hydrogens is 600 g/mol. The van der Waals surface area contributed by atoms with E-state index in [9.17, 15) is 19.5 Å². The summed E-state index contributed by atoms with van der Waals surface area (Å²) >= 11 is 0. The number of carbonyl (C=O) groups excluding carboxylic acids is 2. The summed E-state index contributed by atoms with van der Waals surface area (Å²) in [6, 6.07) is 0. The molecule has 0 aromatic heterocycles. The van der Waals surface area contributed by atoms with Gasteiger partial charge in [0.1, 0.15) is 6.10 Å². The zero-order valence-electron chi connectivity index (χ0n) is 32.1. The quantitative estimate of drug-likeness (QED) is 0.184. The Bertz CT molecular complexity index is 1280. The summed E-state index contributed by atoms with van der Waals surface area (Å²) < 4.78 is 11.9. The third-order valence-corrected chi connectivity index (χ3v) is 15.9. The monoisotopic (exact) mass is 669 g/mol. The second-order valence-electron chi connectivity index (χ2n) is 19.8. The van der Waals surface area contributed by atoms with Crippen LogP contribution in [0.5, 0.6) is 0 Å². The van der Waals surface area contributed by atoms with Gasteiger partial charge in [-0.1, -0.05) is 60.6 Å². The number of allylic oxidation sites excluding steroid dienone is 1. The van der Waals surface area contributed by atoms with Crippen LogP contribution >= 0.6 is 0 Å². The van der Waals surface area contributed by atoms with Crippen molar-refractivity contribution in [2.24, 2.45) is 62.1 Å². The molecule has 0 unspecified atom stereocenters. The van der Waals surface area contributed by atoms with Gasteiger partial charge in [-0.25, -0.2) is 0 Å². The van der Waals surface area contributed by atoms with E-state index in [4.69, 9.17) is 9.47 Å². The van der Waals surface area contributed by atoms with Crippen molar-refractivity contribution in [3.8, 4) is 0 Å². The van der Waals surface area contributed by atoms with Gasteiger partial charge in [0.15, 0.2) is 0 Å². The predicted octanol–water partition coefficient (Wildman–Crippen LogP) is 10.2. The summed E-state index contributed by atoms with van der Waals surface area (Å²) in [6.45, 7) is 26.9. The van der Waals surface area contributed by atoms with Gasteiger partial charge < -0.3 is 14.6 Å². The molecule has 0 bridgehead atoms. The maximum Gasteiger partial charge on any atom is 0.306 e. The first-order valence-electron chi connectivity index (χ1n) is 19.4. The van der Waals surface area contributed by atoms with Gasteiger partial charge in [0.05, 0.1) is 18.9 Å². The van der Waals surface area contributed by atoms with E-state index in [0.29, 0.717) is 36.0 Å². The van der Waals surface area contributed by atoms with E-state index in [1.165, 1.54) is 50.5 Å². The minimum absolute atomic E-state index is 0.0416. The van der Waals surface area contributed by atoms with Gasteiger partial charge in [0, 0.05) is 11.8 Å². The molecule has 0 aliphatic heterocycles. The van der Waals surface area contributed by atoms with Crippen LogP contribution in [0.4, 0.5) is 0 Å². The predicted molar refractivity (Wildman–Crippen MR) is 190 cm³/mol. The number of carboxylic acids is 1. The Kier molecular flexibility index (Phi) is 9.92. The van der Waals surface area contributed by atoms with Crippen molar-refractivity contribution in [3.63, 3.8) is 0 Å². The van der Waals surface area contributed by atoms with Gasteiger partial charge in [0.25, 0.3) is 0 Å². The van der Waals surface area contributed by atoms with Gasteiger partial charge >= 0.3 is 17.9 Å². The molecule has 5 aliphatic carbocycles. The largest absolute Gasteiger partial charge is 0.481 e. The lowest BCUT2D eigenvalue weighted by Gasteiger charge is -2.73. The lowest BCUT2D eigenvalue weighted by molar-refractivity contribution is -0.250. The van der Waals surface area contributed by atoms with Crippen molar-refractivity contribution in [1.82, 2.24) is 0 Å². The molecule has 5 rings (SSSR count). The summed E-state index contributed by atoms with van der Waals surface area (Å²) in [5.74, 6) is 1.65. The van der Waals surface area contributed by atoms with E-state index in [1.54, 1.807) is 0 Å². The molecule has 0 aromatic carbocycles. The van der Waals surface area contributed by atoms with Crippen molar-refractivity contribution in [1.29, 1.82) is 0 Å². The van der Waals surface area contributed by atoms with Crippen molar-refractivity contribution < 1.29 is 29.0 Å². The van der Waals surface area contributed by atoms with Crippen LogP contribution in [0.15, 0.2) is 12.2 Å². The summed E-state index contributed by atoms with van der Waals surface area (Å²) in [5, 5.41) is 9.32. The molecule has 0 radical (unpaired) electrons. The van der Waals surface area contributed by atoms with Crippen LogP contribution in [-0.4, -0.2) is 35.2 Å². The first-order chi connectivity index (χ1) is 22.1. The number of esters is 2. The van der Waals surface area contributed by atoms with E-state index in [-0.39, 0.29) is 64.1 Å². The smallest absolute Gasteiger partial charge is 0.306 e. The molecule has 48 heavy (non-hydrogen) atoms. The highest BCUT2D eigenvalue weighted by molar-refractivity contribution is 5.73. The molecule has 5 saturated carbocycles. The fraction of sp³-hybridized carbons (Fsp3) is 0.881. The van der Waals surface area contributed by atoms with Crippen LogP contribution in [0.25, 0.3) is 0 Å². The minimum Gasteiger partial charge on any atom is -0.481 e. The second-order valence-corrected chi connectivity index (χ2v) is 19.8. The lowest BCUT2D eigenvalue weighted by Crippen LogP contribution is -2.66. The highest BCUT2D eigenvalue weighted by Crippen LogP contribution is 2.78. The Morgan fingerprint density at radius 2 is 1.52 bits per heavy atom. The molecule has 0 heterocycles. The Balaban J connectivity index is 1.38. The van der Waals surface area contributed by atoms with E-state index in [0.717, 1.165) is 25.7 Å². The minimum atomic E-state index is -0.881. The van der Waals surface area contributed by atoms with Crippen molar-refractivity contribution >= 4 is 17.9 Å². The fourth-order valence-corrected chi connectivity index (χ4v) is 13.6. The Morgan fingerprint density at radius 1 is 0.833 bits per heavy atom. The van der Waals surface area contributed by atoms with Crippen molar-refractivity contribution in [2.45, 2.75) is 171 Å². The SMILES string of the molecule is C=C(C)[C@@H]1CC[C@]2(CCC(=O)OC(C)C)CC[C@]3(C)[C@H](CC[C@@H]4[C@@]5(C)CC[C@H](OC(=O)CC(C)(C)CC(=O)O)C(C)(C)[C@@H]5CC[C@]43C)[C@@H]12. The average molecular weight is 669 g/mol. The fourth-order valence-electron chi connectivity index (χ4n) is 13.6. The number of ether oxygens (including phenoxy) is 2. The van der Waals surface area contributed by atoms with E-state index < -0.39 is 11.4 Å². The molecule has 5 aliphatic rings. The Labute approximate surface area is 291 Å². The van der Waals surface area contributed by atoms with Crippen LogP contribution < -0.4 is 0 Å². The number of carboxylic acid groups (broad SMARTS) is 1. The topological polar surface area (TPSA) is 89.9 Å². The third-order valence-electron chi connectivity index (χ3n) is 15.9. The van der Waals surface area contributed by atoms with Crippen LogP contribution in [0, 0.1) is 62.1 Å². The maximum atomic E-state index is 13.2. The first kappa shape index (κ1) is 37.4. The second kappa shape index (κ2) is 12.7. The summed E-state index contributed by atoms with van der Waals surface area (Å²) in [4.78, 5) is 37.3. The van der Waals surface area contributed by atoms with Gasteiger partial charge in [-0.15, -0.1) is 0 Å². The molecule has 10 atom stereocenters. The Hall–Kier alpha value is -1.85. The summed E-state index contributed by atoms with van der Waals surface area (Å²) in [6.07, 6.45) is 13.0. The number of hydrogen-bond acceptors (Lipinski definition) is 5. The third kappa shape index (κ3) is 6.20. The molecule has 6 heteroatoms. The molecule has 0 spiro atoms. The van der Waals surface area contributed by atoms with Gasteiger partial charge in [0.2, 0.25) is 0 Å². The molecular formula is C42H68O6. The Morgan fingerprint density at radius 3 is 2.15 bits per heavy atom. The summed E-state index contributed by atoms with van der Waals surface area (Å²) in [7, 11) is 0. The molecule has 6 nitrogen and oxygen atoms in total. The van der Waals surface area contributed by atoms with Crippen LogP contribution in [-0.2, 0) is 23.9 Å². The van der Waals surface area contributed by atoms with Crippen LogP contribution in [0.1, 0.15) is 159 Å². The highest BCUT2D eigenvalue weighted by Gasteiger charge is 2.71. The zero-order valence-corrected chi connectivity index (χ0v) is 32.1. The average Bonchev–Trinajstić information content (AvgIpc) is 3.33. The van der Waals surface area contributed by atoms with E-state index in [1.807, 2.05) is 27.7 Å². The highest BCUT2D eigenvalue weighted by atomic mass is 16.5. The van der Waals surface area contributed by atoms with E-state index >= 15 is 0 Å². The molecule has 0 saturated heterocycles. The van der Waals surface area contributed by atoms with Gasteiger partial charge in [-0.2, -0.15) is 0 Å². The normalized spacial score (nSPS) is 41.7. The van der Waals surface area contributed by atoms with Crippen LogP contribution in [0.3, 0.4) is 0 Å². The summed E-state index contributed by atoms with van der Waals surface area (Å²) in [5.41, 5.74) is 1.39. The number of aliphatic carboxylic acids is 1. The van der Waals surface area contributed by atoms with Crippen molar-refractivity contribution in [2.75, 3.05) is 0 Å². The molecule has 272 valence electrons. The maximum absolute atomic E-state index is 13.2. The van der Waals surface area contributed by atoms with Crippen molar-refractivity contribution in [3.05, 3.63) is 12.2 Å². The molecule has 1 N–H and O–H groups in total. The van der Waals surface area contributed by atoms with Crippen LogP contribution in [0.2, 0.25) is 0 Å². The lowest BCUT2D eigenvalue weighted by atomic mass is 9.32. The van der Waals surface area contributed by atoms with Gasteiger partial charge in [-0.3, -0.25) is 14.4 Å². The number of hydrogen-bond donors (Lipinski definition) is 1. The van der Waals surface area contributed by atoms with Gasteiger partial charge in [-0.05, 0) is 148 Å². The van der Waals surface area contributed by atoms with E-state index in [2.05, 4.69) is 48.1 Å². The standard InChI is InChI=1S/C42H68O6/c1-26(2)28-14-20-42(21-17-34(45)47-27(3)4)23-22-40(10)29(36(28)42)12-13-31-39(9)18-16-32(38(7,8)30(39)15-19-41(31,40)11)48-35(46)25-37(5,6)24-33(43)44/h27-32,36H,1,12-25H2,2-11H3,(H,43,44)/t28-,29+,30-,31+,32-,36+,39-,40+,41+,42-/m0/s1. The number of carbonyl (C=O) groups is 3. The zero-order chi connectivity index (χ0) is 35.7. The number of rotatable bonds is 10. The molecule has 0 amide bonds.